The molecule has 1 aromatic heterocycles. The molecule has 0 amide bonds. The number of nitrogens with one attached hydrogen (secondary N) is 1. The van der Waals surface area contributed by atoms with Crippen LogP contribution in [0.15, 0.2) is 27.8 Å². The van der Waals surface area contributed by atoms with Crippen LogP contribution in [0.1, 0.15) is 37.6 Å². The molecule has 2 heterocycles. The van der Waals surface area contributed by atoms with Crippen molar-refractivity contribution in [1.29, 1.82) is 0 Å². The molecule has 1 atom stereocenters. The predicted octanol–water partition coefficient (Wildman–Crippen LogP) is 2.86. The number of nitrogens with two attached hydrogens (primary N) is 1. The van der Waals surface area contributed by atoms with E-state index in [9.17, 15) is 4.39 Å². The Morgan fingerprint density at radius 2 is 2.30 bits per heavy atom. The van der Waals surface area contributed by atoms with Crippen molar-refractivity contribution < 1.29 is 9.02 Å². The lowest BCUT2D eigenvalue weighted by Gasteiger charge is -2.33. The molecule has 0 bridgehead atoms. The monoisotopic (exact) mass is 394 g/mol. The Kier molecular flexibility index (Phi) is 6.76. The van der Waals surface area contributed by atoms with Crippen molar-refractivity contribution in [2.45, 2.75) is 38.8 Å². The Balaban J connectivity index is 1.56. The van der Waals surface area contributed by atoms with Crippen LogP contribution in [0, 0.1) is 5.82 Å². The summed E-state index contributed by atoms with van der Waals surface area (Å²) >= 11 is 5.77. The van der Waals surface area contributed by atoms with Crippen molar-refractivity contribution in [2.24, 2.45) is 10.7 Å². The van der Waals surface area contributed by atoms with Gasteiger partial charge in [0.15, 0.2) is 11.5 Å². The maximum atomic E-state index is 13.2. The number of aromatic nitrogens is 2. The third-order valence-electron chi connectivity index (χ3n) is 4.76. The average molecular weight is 395 g/mol. The molecule has 9 heteroatoms. The summed E-state index contributed by atoms with van der Waals surface area (Å²) in [6.45, 7) is 5.72. The molecule has 0 spiro atoms. The van der Waals surface area contributed by atoms with Crippen molar-refractivity contribution in [3.05, 3.63) is 40.4 Å². The average Bonchev–Trinajstić information content (AvgIpc) is 3.12. The molecule has 1 aliphatic heterocycles. The van der Waals surface area contributed by atoms with Gasteiger partial charge in [0.25, 0.3) is 0 Å². The van der Waals surface area contributed by atoms with Crippen LogP contribution in [0.4, 0.5) is 10.1 Å². The molecule has 0 radical (unpaired) electrons. The summed E-state index contributed by atoms with van der Waals surface area (Å²) in [5.41, 5.74) is 7.39. The third kappa shape index (κ3) is 5.24. The van der Waals surface area contributed by atoms with Gasteiger partial charge < -0.3 is 11.1 Å². The second kappa shape index (κ2) is 9.25. The van der Waals surface area contributed by atoms with Crippen molar-refractivity contribution in [3.63, 3.8) is 0 Å². The van der Waals surface area contributed by atoms with Crippen LogP contribution in [0.3, 0.4) is 0 Å². The minimum Gasteiger partial charge on any atom is -0.382 e. The largest absolute Gasteiger partial charge is 0.382 e. The Labute approximate surface area is 162 Å². The van der Waals surface area contributed by atoms with Gasteiger partial charge in [0.05, 0.1) is 10.7 Å². The lowest BCUT2D eigenvalue weighted by atomic mass is 10.0. The minimum absolute atomic E-state index is 0.0174. The fourth-order valence-corrected chi connectivity index (χ4v) is 3.36. The normalized spacial score (nSPS) is 18.8. The van der Waals surface area contributed by atoms with Gasteiger partial charge in [-0.1, -0.05) is 23.2 Å². The molecule has 7 nitrogen and oxygen atoms in total. The summed E-state index contributed by atoms with van der Waals surface area (Å²) in [7, 11) is 0. The summed E-state index contributed by atoms with van der Waals surface area (Å²) in [6, 6.07) is 4.75. The predicted molar refractivity (Wildman–Crippen MR) is 103 cm³/mol. The quantitative estimate of drug-likeness (QED) is 0.426. The molecule has 1 saturated heterocycles. The highest BCUT2D eigenvalue weighted by atomic mass is 35.5. The highest BCUT2D eigenvalue weighted by Crippen LogP contribution is 2.22. The van der Waals surface area contributed by atoms with Crippen LogP contribution in [0.25, 0.3) is 0 Å². The number of rotatable bonds is 7. The first-order valence-corrected chi connectivity index (χ1v) is 9.48. The maximum Gasteiger partial charge on any atom is 0.174 e. The number of likely N-dealkylation sites (tertiary alicyclic amines) is 1. The zero-order valence-corrected chi connectivity index (χ0v) is 16.0. The van der Waals surface area contributed by atoms with Crippen LogP contribution >= 0.6 is 11.6 Å². The summed E-state index contributed by atoms with van der Waals surface area (Å²) in [4.78, 5) is 6.71. The Morgan fingerprint density at radius 1 is 1.44 bits per heavy atom. The van der Waals surface area contributed by atoms with Gasteiger partial charge in [0, 0.05) is 25.7 Å². The molecule has 2 aromatic rings. The van der Waals surface area contributed by atoms with Crippen molar-refractivity contribution >= 4 is 23.1 Å². The zero-order chi connectivity index (χ0) is 19.2. The van der Waals surface area contributed by atoms with Crippen LogP contribution in [-0.4, -0.2) is 46.7 Å². The topological polar surface area (TPSA) is 92.6 Å². The van der Waals surface area contributed by atoms with Gasteiger partial charge in [-0.3, -0.25) is 4.90 Å². The van der Waals surface area contributed by atoms with Gasteiger partial charge in [-0.25, -0.2) is 14.0 Å². The van der Waals surface area contributed by atoms with Gasteiger partial charge in [0.2, 0.25) is 0 Å². The number of hydrogen-bond donors (Lipinski definition) is 2. The van der Waals surface area contributed by atoms with E-state index in [0.717, 1.165) is 19.6 Å². The molecule has 146 valence electrons. The van der Waals surface area contributed by atoms with Crippen LogP contribution in [0.5, 0.6) is 0 Å². The molecule has 3 rings (SSSR count). The van der Waals surface area contributed by atoms with E-state index in [1.165, 1.54) is 37.5 Å². The molecule has 0 aliphatic carbocycles. The number of aliphatic imine (C=N–C) groups is 1. The number of halogens is 2. The lowest BCUT2D eigenvalue weighted by Crippen LogP contribution is -2.41. The van der Waals surface area contributed by atoms with Crippen LogP contribution in [0.2, 0.25) is 5.02 Å². The SMILES string of the molecule is CC1CCCCN1CCNCc1nonc1C(N)=Nc1ccc(F)c(Cl)c1. The van der Waals surface area contributed by atoms with Gasteiger partial charge in [0.1, 0.15) is 11.5 Å². The Hall–Kier alpha value is -2.03. The molecule has 1 aliphatic rings. The van der Waals surface area contributed by atoms with E-state index in [1.54, 1.807) is 0 Å². The van der Waals surface area contributed by atoms with Crippen molar-refractivity contribution in [1.82, 2.24) is 20.5 Å². The number of nitrogens with zero attached hydrogens (tertiary/aromatic N) is 4. The standard InChI is InChI=1S/C18H24ClFN6O/c1-12-4-2-3-8-26(12)9-7-22-11-16-17(25-27-24-16)18(21)23-13-5-6-15(20)14(19)10-13/h5-6,10,12,22H,2-4,7-9,11H2,1H3,(H2,21,23). The van der Waals surface area contributed by atoms with Gasteiger partial charge in [-0.15, -0.1) is 0 Å². The number of piperidine rings is 1. The first-order valence-electron chi connectivity index (χ1n) is 9.10. The van der Waals surface area contributed by atoms with E-state index >= 15 is 0 Å². The molecule has 0 saturated carbocycles. The van der Waals surface area contributed by atoms with Crippen LogP contribution < -0.4 is 11.1 Å². The summed E-state index contributed by atoms with van der Waals surface area (Å²) in [6.07, 6.45) is 3.84. The molecule has 1 fully saturated rings. The minimum atomic E-state index is -0.509. The summed E-state index contributed by atoms with van der Waals surface area (Å²) < 4.78 is 18.1. The van der Waals surface area contributed by atoms with Gasteiger partial charge in [-0.2, -0.15) is 0 Å². The van der Waals surface area contributed by atoms with E-state index in [1.807, 2.05) is 0 Å². The number of amidine groups is 1. The van der Waals surface area contributed by atoms with E-state index in [-0.39, 0.29) is 10.9 Å². The lowest BCUT2D eigenvalue weighted by molar-refractivity contribution is 0.161. The van der Waals surface area contributed by atoms with Crippen molar-refractivity contribution in [3.8, 4) is 0 Å². The smallest absolute Gasteiger partial charge is 0.174 e. The van der Waals surface area contributed by atoms with E-state index < -0.39 is 5.82 Å². The summed E-state index contributed by atoms with van der Waals surface area (Å²) in [5, 5.41) is 11.1. The second-order valence-corrected chi connectivity index (χ2v) is 7.12. The summed E-state index contributed by atoms with van der Waals surface area (Å²) in [5.74, 6) is -0.370. The first kappa shape index (κ1) is 19.7. The Bertz CT molecular complexity index is 796. The fourth-order valence-electron chi connectivity index (χ4n) is 3.18. The molecular weight excluding hydrogens is 371 g/mol. The van der Waals surface area contributed by atoms with E-state index in [4.69, 9.17) is 22.0 Å². The maximum absolute atomic E-state index is 13.2. The number of benzene rings is 1. The molecule has 1 unspecified atom stereocenters. The van der Waals surface area contributed by atoms with E-state index in [2.05, 4.69) is 32.4 Å². The first-order chi connectivity index (χ1) is 13.0. The second-order valence-electron chi connectivity index (χ2n) is 6.71. The molecule has 27 heavy (non-hydrogen) atoms. The fraction of sp³-hybridized carbons (Fsp3) is 0.500. The molecular formula is C18H24ClFN6O. The van der Waals surface area contributed by atoms with E-state index in [0.29, 0.717) is 29.7 Å². The molecule has 1 aromatic carbocycles. The highest BCUT2D eigenvalue weighted by Gasteiger charge is 2.18. The number of hydrogen-bond acceptors (Lipinski definition) is 6. The molecule has 3 N–H and O–H groups in total. The third-order valence-corrected chi connectivity index (χ3v) is 5.05. The van der Waals surface area contributed by atoms with Crippen molar-refractivity contribution in [2.75, 3.05) is 19.6 Å². The zero-order valence-electron chi connectivity index (χ0n) is 15.3. The van der Waals surface area contributed by atoms with Crippen LogP contribution in [-0.2, 0) is 6.54 Å². The highest BCUT2D eigenvalue weighted by molar-refractivity contribution is 6.31. The van der Waals surface area contributed by atoms with Gasteiger partial charge >= 0.3 is 0 Å². The Morgan fingerprint density at radius 3 is 3.07 bits per heavy atom. The van der Waals surface area contributed by atoms with Gasteiger partial charge in [-0.05, 0) is 49.7 Å².